The summed E-state index contributed by atoms with van der Waals surface area (Å²) in [5.74, 6) is 0.753. The summed E-state index contributed by atoms with van der Waals surface area (Å²) < 4.78 is 39.1. The lowest BCUT2D eigenvalue weighted by molar-refractivity contribution is -0.120. The lowest BCUT2D eigenvalue weighted by atomic mass is 10.2. The van der Waals surface area contributed by atoms with E-state index in [9.17, 15) is 13.2 Å². The van der Waals surface area contributed by atoms with Crippen LogP contribution < -0.4 is 19.1 Å². The third-order valence-corrected chi connectivity index (χ3v) is 6.93. The number of sulfonamides is 1. The minimum absolute atomic E-state index is 0.0633. The van der Waals surface area contributed by atoms with Crippen molar-refractivity contribution in [3.8, 4) is 11.5 Å². The molecule has 3 aromatic rings. The van der Waals surface area contributed by atoms with E-state index in [4.69, 9.17) is 21.1 Å². The Bertz CT molecular complexity index is 1200. The summed E-state index contributed by atoms with van der Waals surface area (Å²) in [6, 6.07) is 21.7. The van der Waals surface area contributed by atoms with Crippen molar-refractivity contribution in [1.29, 1.82) is 0 Å². The summed E-state index contributed by atoms with van der Waals surface area (Å²) in [6.07, 6.45) is -0.395. The van der Waals surface area contributed by atoms with Crippen molar-refractivity contribution in [2.24, 2.45) is 0 Å². The molecule has 4 rings (SSSR count). The first kappa shape index (κ1) is 22.0. The van der Waals surface area contributed by atoms with Gasteiger partial charge in [-0.05, 0) is 36.4 Å². The average molecular weight is 473 g/mol. The van der Waals surface area contributed by atoms with Gasteiger partial charge in [0, 0.05) is 0 Å². The maximum atomic E-state index is 13.3. The van der Waals surface area contributed by atoms with Crippen LogP contribution in [0.3, 0.4) is 0 Å². The number of fused-ring (bicyclic) bond motifs is 1. The fourth-order valence-electron chi connectivity index (χ4n) is 3.25. The van der Waals surface area contributed by atoms with Crippen LogP contribution in [0, 0.1) is 0 Å². The van der Waals surface area contributed by atoms with E-state index in [-0.39, 0.29) is 28.8 Å². The molecule has 0 fully saturated rings. The van der Waals surface area contributed by atoms with Gasteiger partial charge in [0.2, 0.25) is 5.91 Å². The van der Waals surface area contributed by atoms with Gasteiger partial charge in [-0.2, -0.15) is 0 Å². The van der Waals surface area contributed by atoms with E-state index < -0.39 is 28.6 Å². The maximum absolute atomic E-state index is 13.3. The summed E-state index contributed by atoms with van der Waals surface area (Å²) in [7, 11) is -4.02. The number of amides is 1. The molecule has 0 aliphatic carbocycles. The molecule has 7 nitrogen and oxygen atoms in total. The van der Waals surface area contributed by atoms with Gasteiger partial charge in [-0.25, -0.2) is 8.42 Å². The van der Waals surface area contributed by atoms with Gasteiger partial charge in [-0.1, -0.05) is 54.1 Å². The van der Waals surface area contributed by atoms with E-state index in [0.29, 0.717) is 11.5 Å². The van der Waals surface area contributed by atoms with Crippen molar-refractivity contribution in [2.45, 2.75) is 11.0 Å². The number of carbonyl (C=O) groups is 1. The highest BCUT2D eigenvalue weighted by Crippen LogP contribution is 2.31. The first-order valence-electron chi connectivity index (χ1n) is 9.92. The van der Waals surface area contributed by atoms with E-state index in [0.717, 1.165) is 4.31 Å². The molecule has 3 aromatic carbocycles. The molecule has 0 unspecified atom stereocenters. The monoisotopic (exact) mass is 472 g/mol. The highest BCUT2D eigenvalue weighted by molar-refractivity contribution is 7.92. The molecule has 1 heterocycles. The standard InChI is InChI=1S/C23H21ClN2O5S/c24-19-10-4-5-11-20(19)26(32(28,29)18-8-2-1-3-9-18)15-23(27)25-14-17-16-30-21-12-6-7-13-22(21)31-17/h1-13,17H,14-16H2,(H,25,27)/t17-/m1/s1. The first-order chi connectivity index (χ1) is 15.4. The largest absolute Gasteiger partial charge is 0.486 e. The number of anilines is 1. The quantitative estimate of drug-likeness (QED) is 0.569. The molecule has 166 valence electrons. The number of carbonyl (C=O) groups excluding carboxylic acids is 1. The lowest BCUT2D eigenvalue weighted by Crippen LogP contribution is -2.45. The first-order valence-corrected chi connectivity index (χ1v) is 11.7. The van der Waals surface area contributed by atoms with Gasteiger partial charge in [-0.15, -0.1) is 0 Å². The fraction of sp³-hybridized carbons (Fsp3) is 0.174. The maximum Gasteiger partial charge on any atom is 0.264 e. The molecule has 1 atom stereocenters. The summed E-state index contributed by atoms with van der Waals surface area (Å²) >= 11 is 6.27. The van der Waals surface area contributed by atoms with Crippen molar-refractivity contribution in [3.63, 3.8) is 0 Å². The van der Waals surface area contributed by atoms with Crippen LogP contribution in [0.5, 0.6) is 11.5 Å². The van der Waals surface area contributed by atoms with Crippen LogP contribution >= 0.6 is 11.6 Å². The van der Waals surface area contributed by atoms with Gasteiger partial charge in [0.15, 0.2) is 11.5 Å². The molecule has 1 amide bonds. The zero-order valence-corrected chi connectivity index (χ0v) is 18.6. The van der Waals surface area contributed by atoms with E-state index in [1.54, 1.807) is 54.6 Å². The molecule has 0 spiro atoms. The molecule has 0 bridgehead atoms. The van der Waals surface area contributed by atoms with Crippen molar-refractivity contribution in [1.82, 2.24) is 5.32 Å². The second-order valence-corrected chi connectivity index (χ2v) is 9.35. The van der Waals surface area contributed by atoms with Crippen molar-refractivity contribution in [3.05, 3.63) is 83.9 Å². The number of nitrogens with zero attached hydrogens (tertiary/aromatic N) is 1. The number of nitrogens with one attached hydrogen (secondary N) is 1. The smallest absolute Gasteiger partial charge is 0.264 e. The molecule has 32 heavy (non-hydrogen) atoms. The summed E-state index contributed by atoms with van der Waals surface area (Å²) in [6.45, 7) is -0.00608. The molecule has 1 aliphatic rings. The molecular formula is C23H21ClN2O5S. The highest BCUT2D eigenvalue weighted by atomic mass is 35.5. The van der Waals surface area contributed by atoms with E-state index in [2.05, 4.69) is 5.32 Å². The zero-order chi connectivity index (χ0) is 22.6. The van der Waals surface area contributed by atoms with Crippen molar-refractivity contribution < 1.29 is 22.7 Å². The molecular weight excluding hydrogens is 452 g/mol. The van der Waals surface area contributed by atoms with E-state index in [1.807, 2.05) is 12.1 Å². The molecule has 0 aromatic heterocycles. The van der Waals surface area contributed by atoms with Gasteiger partial charge in [-0.3, -0.25) is 9.10 Å². The SMILES string of the molecule is O=C(CN(c1ccccc1Cl)S(=O)(=O)c1ccccc1)NC[C@@H]1COc2ccccc2O1. The molecule has 0 saturated heterocycles. The molecule has 1 N–H and O–H groups in total. The van der Waals surface area contributed by atoms with Crippen LogP contribution in [0.15, 0.2) is 83.8 Å². The summed E-state index contributed by atoms with van der Waals surface area (Å²) in [5, 5.41) is 2.96. The third kappa shape index (κ3) is 4.81. The van der Waals surface area contributed by atoms with Gasteiger partial charge in [0.25, 0.3) is 10.0 Å². The van der Waals surface area contributed by atoms with Gasteiger partial charge in [0.1, 0.15) is 19.3 Å². The topological polar surface area (TPSA) is 84.9 Å². The Morgan fingerprint density at radius 2 is 1.62 bits per heavy atom. The minimum Gasteiger partial charge on any atom is -0.486 e. The third-order valence-electron chi connectivity index (χ3n) is 4.83. The Labute approximate surface area is 191 Å². The summed E-state index contributed by atoms with van der Waals surface area (Å²) in [4.78, 5) is 12.8. The zero-order valence-electron chi connectivity index (χ0n) is 17.0. The second-order valence-electron chi connectivity index (χ2n) is 7.08. The molecule has 0 radical (unpaired) electrons. The van der Waals surface area contributed by atoms with Crippen LogP contribution in [-0.2, 0) is 14.8 Å². The number of hydrogen-bond donors (Lipinski definition) is 1. The second kappa shape index (κ2) is 9.50. The van der Waals surface area contributed by atoms with Gasteiger partial charge < -0.3 is 14.8 Å². The lowest BCUT2D eigenvalue weighted by Gasteiger charge is -2.28. The number of ether oxygens (including phenoxy) is 2. The minimum atomic E-state index is -4.02. The van der Waals surface area contributed by atoms with Crippen molar-refractivity contribution >= 4 is 33.2 Å². The molecule has 0 saturated carbocycles. The highest BCUT2D eigenvalue weighted by Gasteiger charge is 2.29. The number of benzene rings is 3. The van der Waals surface area contributed by atoms with Crippen molar-refractivity contribution in [2.75, 3.05) is 24.0 Å². The Morgan fingerprint density at radius 3 is 2.38 bits per heavy atom. The van der Waals surface area contributed by atoms with Gasteiger partial charge in [0.05, 0.1) is 22.2 Å². The average Bonchev–Trinajstić information content (AvgIpc) is 2.82. The van der Waals surface area contributed by atoms with Crippen LogP contribution in [0.2, 0.25) is 5.02 Å². The van der Waals surface area contributed by atoms with E-state index >= 15 is 0 Å². The number of hydrogen-bond acceptors (Lipinski definition) is 5. The van der Waals surface area contributed by atoms with Crippen LogP contribution in [-0.4, -0.2) is 40.1 Å². The number of rotatable bonds is 7. The van der Waals surface area contributed by atoms with Gasteiger partial charge >= 0.3 is 0 Å². The van der Waals surface area contributed by atoms with Crippen LogP contribution in [0.25, 0.3) is 0 Å². The predicted molar refractivity (Wildman–Crippen MR) is 122 cm³/mol. The summed E-state index contributed by atoms with van der Waals surface area (Å²) in [5.41, 5.74) is 0.222. The van der Waals surface area contributed by atoms with Crippen LogP contribution in [0.4, 0.5) is 5.69 Å². The normalized spacial score (nSPS) is 15.1. The van der Waals surface area contributed by atoms with Crippen LogP contribution in [0.1, 0.15) is 0 Å². The Morgan fingerprint density at radius 1 is 0.969 bits per heavy atom. The number of halogens is 1. The fourth-order valence-corrected chi connectivity index (χ4v) is 5.00. The molecule has 9 heteroatoms. The molecule has 1 aliphatic heterocycles. The Kier molecular flexibility index (Phi) is 6.53. The van der Waals surface area contributed by atoms with E-state index in [1.165, 1.54) is 12.1 Å². The Hall–Kier alpha value is -3.23. The number of para-hydroxylation sites is 3. The predicted octanol–water partition coefficient (Wildman–Crippen LogP) is 3.49. The Balaban J connectivity index is 1.49.